The Morgan fingerprint density at radius 1 is 0.750 bits per heavy atom. The predicted molar refractivity (Wildman–Crippen MR) is 201 cm³/mol. The van der Waals surface area contributed by atoms with Crippen molar-refractivity contribution in [3.8, 4) is 11.1 Å². The average molecular weight is 745 g/mol. The zero-order valence-corrected chi connectivity index (χ0v) is 33.0. The number of benzene rings is 2. The van der Waals surface area contributed by atoms with E-state index in [1.54, 1.807) is 62.3 Å². The van der Waals surface area contributed by atoms with Crippen LogP contribution in [0.15, 0.2) is 54.6 Å². The van der Waals surface area contributed by atoms with Crippen LogP contribution in [0.1, 0.15) is 74.8 Å². The number of methoxy groups -OCH3 is 1. The van der Waals surface area contributed by atoms with E-state index in [1.807, 2.05) is 54.6 Å². The minimum atomic E-state index is -1.31. The Kier molecular flexibility index (Phi) is 16.6. The summed E-state index contributed by atoms with van der Waals surface area (Å²) >= 11 is 1.18. The molecule has 4 N–H and O–H groups in total. The molecule has 0 aromatic heterocycles. The highest BCUT2D eigenvalue weighted by Crippen LogP contribution is 2.28. The first-order valence-electron chi connectivity index (χ1n) is 17.1. The van der Waals surface area contributed by atoms with Crippen LogP contribution in [0.5, 0.6) is 0 Å². The highest BCUT2D eigenvalue weighted by molar-refractivity contribution is 7.99. The maximum Gasteiger partial charge on any atom is 0.408 e. The number of hydrogen-bond acceptors (Lipinski definition) is 10. The number of nitrogens with one attached hydrogen (secondary N) is 4. The maximum absolute atomic E-state index is 13.9. The summed E-state index contributed by atoms with van der Waals surface area (Å²) in [5, 5.41) is 10.6. The van der Waals surface area contributed by atoms with E-state index in [2.05, 4.69) is 21.3 Å². The van der Waals surface area contributed by atoms with Crippen molar-refractivity contribution in [3.63, 3.8) is 0 Å². The first-order chi connectivity index (χ1) is 24.1. The second kappa shape index (κ2) is 19.6. The second-order valence-corrected chi connectivity index (χ2v) is 15.7. The number of thioether (sulfide) groups is 1. The lowest BCUT2D eigenvalue weighted by atomic mass is 9.95. The van der Waals surface area contributed by atoms with Crippen molar-refractivity contribution in [1.29, 1.82) is 0 Å². The number of hydrogen-bond donors (Lipinski definition) is 4. The number of esters is 1. The molecule has 0 saturated carbocycles. The van der Waals surface area contributed by atoms with Crippen LogP contribution < -0.4 is 21.3 Å². The third-order valence-electron chi connectivity index (χ3n) is 7.43. The molecule has 4 atom stereocenters. The molecule has 13 nitrogen and oxygen atoms in total. The highest BCUT2D eigenvalue weighted by Gasteiger charge is 2.36. The van der Waals surface area contributed by atoms with E-state index >= 15 is 0 Å². The van der Waals surface area contributed by atoms with Gasteiger partial charge in [0.2, 0.25) is 17.7 Å². The molecule has 2 aromatic rings. The van der Waals surface area contributed by atoms with Crippen molar-refractivity contribution < 1.29 is 42.9 Å². The van der Waals surface area contributed by atoms with Gasteiger partial charge in [-0.1, -0.05) is 54.6 Å². The van der Waals surface area contributed by atoms with Crippen molar-refractivity contribution in [2.24, 2.45) is 0 Å². The standard InChI is InChI=1S/C38H56N4O9S/c1-24(50-37(6,7)8)31(33(45)40-29(34(46)48-11)21-49-36(3,4)5)42-32(44)30(22-52-23-39-25(2)43)41-35(47)51-38(9,10)28-19-17-27(18-20-28)26-15-13-12-14-16-26/h12-20,24,29-31H,21-23H2,1-11H3,(H,39,43)(H,40,45)(H,41,47)(H,42,44)/t24-,29-,30+,31-/m0/s1. The molecule has 2 rings (SSSR count). The van der Waals surface area contributed by atoms with Crippen molar-refractivity contribution in [2.45, 2.75) is 110 Å². The molecule has 52 heavy (non-hydrogen) atoms. The quantitative estimate of drug-likeness (QED) is 0.101. The molecule has 0 aliphatic carbocycles. The Hall–Kier alpha value is -4.14. The maximum atomic E-state index is 13.9. The van der Waals surface area contributed by atoms with Gasteiger partial charge in [0.1, 0.15) is 17.7 Å². The molecule has 0 spiro atoms. The van der Waals surface area contributed by atoms with Crippen molar-refractivity contribution in [3.05, 3.63) is 60.2 Å². The first-order valence-corrected chi connectivity index (χ1v) is 18.3. The molecule has 0 heterocycles. The molecular weight excluding hydrogens is 689 g/mol. The average Bonchev–Trinajstić information content (AvgIpc) is 3.05. The Morgan fingerprint density at radius 2 is 1.35 bits per heavy atom. The van der Waals surface area contributed by atoms with Crippen LogP contribution in [-0.4, -0.2) is 90.6 Å². The smallest absolute Gasteiger partial charge is 0.408 e. The molecule has 0 bridgehead atoms. The summed E-state index contributed by atoms with van der Waals surface area (Å²) in [6, 6.07) is 13.8. The molecule has 0 aliphatic rings. The molecule has 2 aromatic carbocycles. The first kappa shape index (κ1) is 44.0. The van der Waals surface area contributed by atoms with Gasteiger partial charge in [-0.25, -0.2) is 9.59 Å². The van der Waals surface area contributed by atoms with E-state index in [1.165, 1.54) is 25.8 Å². The van der Waals surface area contributed by atoms with E-state index in [9.17, 15) is 24.0 Å². The third kappa shape index (κ3) is 15.6. The van der Waals surface area contributed by atoms with Crippen LogP contribution in [-0.2, 0) is 43.7 Å². The van der Waals surface area contributed by atoms with Crippen LogP contribution in [0.4, 0.5) is 4.79 Å². The summed E-state index contributed by atoms with van der Waals surface area (Å²) in [6.45, 7) is 17.1. The Balaban J connectivity index is 2.31. The molecule has 14 heteroatoms. The van der Waals surface area contributed by atoms with Crippen molar-refractivity contribution >= 4 is 41.5 Å². The minimum Gasteiger partial charge on any atom is -0.467 e. The molecule has 0 aliphatic heterocycles. The number of carbonyl (C=O) groups is 5. The number of carbonyl (C=O) groups excluding carboxylic acids is 5. The third-order valence-corrected chi connectivity index (χ3v) is 8.34. The Labute approximate surface area is 312 Å². The van der Waals surface area contributed by atoms with Crippen molar-refractivity contribution in [1.82, 2.24) is 21.3 Å². The van der Waals surface area contributed by atoms with Gasteiger partial charge >= 0.3 is 12.1 Å². The SMILES string of the molecule is COC(=O)[C@H](COC(C)(C)C)NC(=O)[C@@H](NC(=O)[C@@H](CSCNC(C)=O)NC(=O)OC(C)(C)c1ccc(-c2ccccc2)cc1)[C@H](C)OC(C)(C)C. The van der Waals surface area contributed by atoms with Gasteiger partial charge in [-0.3, -0.25) is 14.4 Å². The largest absolute Gasteiger partial charge is 0.467 e. The summed E-state index contributed by atoms with van der Waals surface area (Å²) in [7, 11) is 1.19. The Bertz CT molecular complexity index is 1490. The number of rotatable bonds is 17. The molecule has 4 amide bonds. The monoisotopic (exact) mass is 744 g/mol. The van der Waals surface area contributed by atoms with Crippen molar-refractivity contribution in [2.75, 3.05) is 25.3 Å². The van der Waals surface area contributed by atoms with Gasteiger partial charge in [0.15, 0.2) is 6.04 Å². The number of amides is 4. The van der Waals surface area contributed by atoms with Gasteiger partial charge in [-0.05, 0) is 79.0 Å². The van der Waals surface area contributed by atoms with Gasteiger partial charge in [0.25, 0.3) is 0 Å². The summed E-state index contributed by atoms with van der Waals surface area (Å²) in [6.07, 6.45) is -1.76. The van der Waals surface area contributed by atoms with E-state index in [4.69, 9.17) is 18.9 Å². The van der Waals surface area contributed by atoms with Crippen LogP contribution in [0, 0.1) is 0 Å². The normalized spacial score (nSPS) is 14.2. The molecular formula is C38H56N4O9S. The van der Waals surface area contributed by atoms with Gasteiger partial charge in [0, 0.05) is 12.7 Å². The lowest BCUT2D eigenvalue weighted by Crippen LogP contribution is -2.61. The highest BCUT2D eigenvalue weighted by atomic mass is 32.2. The molecule has 0 saturated heterocycles. The van der Waals surface area contributed by atoms with Gasteiger partial charge in [-0.15, -0.1) is 11.8 Å². The van der Waals surface area contributed by atoms with E-state index in [0.717, 1.165) is 16.7 Å². The summed E-state index contributed by atoms with van der Waals surface area (Å²) in [5.74, 6) is -2.27. The molecule has 0 fully saturated rings. The van der Waals surface area contributed by atoms with E-state index in [0.29, 0.717) is 0 Å². The number of alkyl carbamates (subject to hydrolysis) is 1. The predicted octanol–water partition coefficient (Wildman–Crippen LogP) is 4.67. The molecule has 0 radical (unpaired) electrons. The van der Waals surface area contributed by atoms with E-state index in [-0.39, 0.29) is 24.1 Å². The fraction of sp³-hybridized carbons (Fsp3) is 0.553. The number of ether oxygens (including phenoxy) is 4. The zero-order valence-electron chi connectivity index (χ0n) is 32.2. The summed E-state index contributed by atoms with van der Waals surface area (Å²) in [4.78, 5) is 65.1. The second-order valence-electron chi connectivity index (χ2n) is 14.7. The van der Waals surface area contributed by atoms with Crippen LogP contribution in [0.25, 0.3) is 11.1 Å². The van der Waals surface area contributed by atoms with E-state index < -0.39 is 64.9 Å². The van der Waals surface area contributed by atoms with Gasteiger partial charge < -0.3 is 40.2 Å². The van der Waals surface area contributed by atoms with Crippen LogP contribution in [0.2, 0.25) is 0 Å². The zero-order chi connectivity index (χ0) is 39.3. The van der Waals surface area contributed by atoms with Crippen LogP contribution in [0.3, 0.4) is 0 Å². The summed E-state index contributed by atoms with van der Waals surface area (Å²) in [5.41, 5.74) is 0.365. The van der Waals surface area contributed by atoms with Crippen LogP contribution >= 0.6 is 11.8 Å². The lowest BCUT2D eigenvalue weighted by molar-refractivity contribution is -0.150. The van der Waals surface area contributed by atoms with Gasteiger partial charge in [-0.2, -0.15) is 0 Å². The fourth-order valence-corrected chi connectivity index (χ4v) is 5.74. The minimum absolute atomic E-state index is 0.0144. The molecule has 288 valence electrons. The topological polar surface area (TPSA) is 170 Å². The fourth-order valence-electron chi connectivity index (χ4n) is 4.85. The van der Waals surface area contributed by atoms with Gasteiger partial charge in [0.05, 0.1) is 36.9 Å². The lowest BCUT2D eigenvalue weighted by Gasteiger charge is -2.33. The Morgan fingerprint density at radius 3 is 1.88 bits per heavy atom. The molecule has 0 unspecified atom stereocenters. The summed E-state index contributed by atoms with van der Waals surface area (Å²) < 4.78 is 22.5.